The van der Waals surface area contributed by atoms with E-state index in [9.17, 15) is 4.79 Å². The van der Waals surface area contributed by atoms with Crippen LogP contribution >= 0.6 is 0 Å². The largest absolute Gasteiger partial charge is 0.370 e. The number of benzene rings is 1. The number of carbonyl (C=O) groups excluding carboxylic acids is 1. The number of hydrogen-bond donors (Lipinski definition) is 4. The molecule has 0 fully saturated rings. The Balaban J connectivity index is 2.91. The highest BCUT2D eigenvalue weighted by Gasteiger charge is 2.06. The van der Waals surface area contributed by atoms with Gasteiger partial charge in [-0.15, -0.1) is 0 Å². The smallest absolute Gasteiger partial charge is 0.221 e. The van der Waals surface area contributed by atoms with E-state index in [1.54, 1.807) is 6.07 Å². The van der Waals surface area contributed by atoms with Crippen molar-refractivity contribution in [3.05, 3.63) is 29.8 Å². The van der Waals surface area contributed by atoms with Crippen LogP contribution in [0.5, 0.6) is 0 Å². The van der Waals surface area contributed by atoms with Crippen LogP contribution in [0.1, 0.15) is 25.5 Å². The number of nitrogens with zero attached hydrogens (tertiary/aromatic N) is 2. The zero-order chi connectivity index (χ0) is 14.4. The predicted molar refractivity (Wildman–Crippen MR) is 76.6 cm³/mol. The number of anilines is 1. The molecule has 19 heavy (non-hydrogen) atoms. The molecular weight excluding hydrogens is 244 g/mol. The minimum atomic E-state index is -0.225. The molecule has 0 aliphatic carbocycles. The van der Waals surface area contributed by atoms with Crippen LogP contribution in [0.25, 0.3) is 0 Å². The van der Waals surface area contributed by atoms with Gasteiger partial charge in [-0.25, -0.2) is 4.99 Å². The second kappa shape index (κ2) is 6.39. The van der Waals surface area contributed by atoms with Crippen LogP contribution in [0.2, 0.25) is 0 Å². The SMILES string of the molecule is CC(=O)Nc1cccc(C(C)N=C(N)N=C(N)N)c1. The molecule has 7 N–H and O–H groups in total. The van der Waals surface area contributed by atoms with Crippen LogP contribution < -0.4 is 22.5 Å². The van der Waals surface area contributed by atoms with Gasteiger partial charge in [-0.2, -0.15) is 4.99 Å². The van der Waals surface area contributed by atoms with Gasteiger partial charge >= 0.3 is 0 Å². The Morgan fingerprint density at radius 2 is 2.00 bits per heavy atom. The first-order valence-corrected chi connectivity index (χ1v) is 5.69. The van der Waals surface area contributed by atoms with Crippen LogP contribution in [-0.2, 0) is 4.79 Å². The van der Waals surface area contributed by atoms with Gasteiger partial charge in [0.05, 0.1) is 6.04 Å². The van der Waals surface area contributed by atoms with E-state index in [4.69, 9.17) is 17.2 Å². The van der Waals surface area contributed by atoms with E-state index >= 15 is 0 Å². The molecule has 0 spiro atoms. The van der Waals surface area contributed by atoms with Crippen LogP contribution in [0.15, 0.2) is 34.3 Å². The summed E-state index contributed by atoms with van der Waals surface area (Å²) in [5, 5.41) is 2.70. The number of amides is 1. The molecule has 7 nitrogen and oxygen atoms in total. The molecule has 7 heteroatoms. The highest BCUT2D eigenvalue weighted by Crippen LogP contribution is 2.20. The lowest BCUT2D eigenvalue weighted by Gasteiger charge is -2.09. The first-order valence-electron chi connectivity index (χ1n) is 5.69. The van der Waals surface area contributed by atoms with Crippen molar-refractivity contribution in [1.82, 2.24) is 0 Å². The van der Waals surface area contributed by atoms with Crippen LogP contribution in [0.3, 0.4) is 0 Å². The second-order valence-electron chi connectivity index (χ2n) is 4.01. The quantitative estimate of drug-likeness (QED) is 0.460. The summed E-state index contributed by atoms with van der Waals surface area (Å²) in [7, 11) is 0. The third-order valence-corrected chi connectivity index (χ3v) is 2.26. The fourth-order valence-corrected chi connectivity index (χ4v) is 1.51. The number of nitrogens with one attached hydrogen (secondary N) is 1. The third-order valence-electron chi connectivity index (χ3n) is 2.26. The standard InChI is InChI=1S/C12H18N6O/c1-7(16-12(15)18-11(13)14)9-4-3-5-10(6-9)17-8(2)19/h3-7H,1-2H3,(H,17,19)(H6,13,14,15,16,18). The number of hydrogen-bond acceptors (Lipinski definition) is 2. The van der Waals surface area contributed by atoms with Crippen molar-refractivity contribution in [3.8, 4) is 0 Å². The highest BCUT2D eigenvalue weighted by atomic mass is 16.1. The molecule has 0 aromatic heterocycles. The van der Waals surface area contributed by atoms with Gasteiger partial charge in [-0.05, 0) is 24.6 Å². The fourth-order valence-electron chi connectivity index (χ4n) is 1.51. The normalized spacial score (nSPS) is 12.6. The lowest BCUT2D eigenvalue weighted by atomic mass is 10.1. The molecule has 1 atom stereocenters. The maximum Gasteiger partial charge on any atom is 0.221 e. The molecule has 0 aliphatic rings. The zero-order valence-corrected chi connectivity index (χ0v) is 10.9. The van der Waals surface area contributed by atoms with Crippen molar-refractivity contribution in [1.29, 1.82) is 0 Å². The van der Waals surface area contributed by atoms with Gasteiger partial charge < -0.3 is 22.5 Å². The van der Waals surface area contributed by atoms with E-state index in [-0.39, 0.29) is 23.9 Å². The predicted octanol–water partition coefficient (Wildman–Crippen LogP) is 0.294. The Bertz CT molecular complexity index is 519. The number of rotatable bonds is 3. The number of aliphatic imine (C=N–C) groups is 2. The second-order valence-corrected chi connectivity index (χ2v) is 4.01. The summed E-state index contributed by atoms with van der Waals surface area (Å²) in [5.74, 6) is -0.258. The van der Waals surface area contributed by atoms with Gasteiger partial charge in [0.2, 0.25) is 11.9 Å². The third kappa shape index (κ3) is 5.07. The summed E-state index contributed by atoms with van der Waals surface area (Å²) in [5.41, 5.74) is 17.6. The van der Waals surface area contributed by atoms with E-state index in [0.717, 1.165) is 5.56 Å². The number of guanidine groups is 2. The molecule has 0 radical (unpaired) electrons. The molecule has 0 aliphatic heterocycles. The van der Waals surface area contributed by atoms with Crippen LogP contribution in [-0.4, -0.2) is 17.8 Å². The van der Waals surface area contributed by atoms with Gasteiger partial charge in [-0.3, -0.25) is 4.79 Å². The molecular formula is C12H18N6O. The van der Waals surface area contributed by atoms with Crippen molar-refractivity contribution in [3.63, 3.8) is 0 Å². The van der Waals surface area contributed by atoms with Crippen molar-refractivity contribution in [2.45, 2.75) is 19.9 Å². The molecule has 0 heterocycles. The average Bonchev–Trinajstić information content (AvgIpc) is 2.27. The van der Waals surface area contributed by atoms with Crippen LogP contribution in [0, 0.1) is 0 Å². The van der Waals surface area contributed by atoms with Gasteiger partial charge in [-0.1, -0.05) is 12.1 Å². The maximum absolute atomic E-state index is 11.0. The Kier molecular flexibility index (Phi) is 4.87. The van der Waals surface area contributed by atoms with Crippen molar-refractivity contribution in [2.24, 2.45) is 27.2 Å². The Hall–Kier alpha value is -2.57. The molecule has 1 unspecified atom stereocenters. The van der Waals surface area contributed by atoms with E-state index in [2.05, 4.69) is 15.3 Å². The Morgan fingerprint density at radius 3 is 2.58 bits per heavy atom. The zero-order valence-electron chi connectivity index (χ0n) is 10.9. The van der Waals surface area contributed by atoms with E-state index < -0.39 is 0 Å². The molecule has 0 bridgehead atoms. The first-order chi connectivity index (χ1) is 8.88. The van der Waals surface area contributed by atoms with Gasteiger partial charge in [0, 0.05) is 12.6 Å². The fraction of sp³-hybridized carbons (Fsp3) is 0.250. The summed E-state index contributed by atoms with van der Waals surface area (Å²) in [6, 6.07) is 7.09. The molecule has 0 saturated carbocycles. The summed E-state index contributed by atoms with van der Waals surface area (Å²) >= 11 is 0. The maximum atomic E-state index is 11.0. The lowest BCUT2D eigenvalue weighted by Crippen LogP contribution is -2.26. The van der Waals surface area contributed by atoms with Gasteiger partial charge in [0.25, 0.3) is 0 Å². The summed E-state index contributed by atoms with van der Waals surface area (Å²) in [6.07, 6.45) is 0. The van der Waals surface area contributed by atoms with E-state index in [1.807, 2.05) is 25.1 Å². The Morgan fingerprint density at radius 1 is 1.32 bits per heavy atom. The first kappa shape index (κ1) is 14.5. The van der Waals surface area contributed by atoms with Gasteiger partial charge in [0.15, 0.2) is 5.96 Å². The molecule has 1 amide bonds. The molecule has 102 valence electrons. The van der Waals surface area contributed by atoms with Gasteiger partial charge in [0.1, 0.15) is 0 Å². The molecule has 1 aromatic carbocycles. The number of carbonyl (C=O) groups is 1. The van der Waals surface area contributed by atoms with Crippen LogP contribution in [0.4, 0.5) is 5.69 Å². The minimum absolute atomic E-state index is 0.0115. The highest BCUT2D eigenvalue weighted by molar-refractivity contribution is 5.92. The van der Waals surface area contributed by atoms with Crippen molar-refractivity contribution in [2.75, 3.05) is 5.32 Å². The van der Waals surface area contributed by atoms with Crippen molar-refractivity contribution >= 4 is 23.5 Å². The lowest BCUT2D eigenvalue weighted by molar-refractivity contribution is -0.114. The minimum Gasteiger partial charge on any atom is -0.370 e. The molecule has 1 rings (SSSR count). The molecule has 0 saturated heterocycles. The van der Waals surface area contributed by atoms with E-state index in [1.165, 1.54) is 6.92 Å². The Labute approximate surface area is 111 Å². The number of nitrogens with two attached hydrogens (primary N) is 3. The average molecular weight is 262 g/mol. The summed E-state index contributed by atoms with van der Waals surface area (Å²) < 4.78 is 0. The topological polar surface area (TPSA) is 132 Å². The molecule has 1 aromatic rings. The monoisotopic (exact) mass is 262 g/mol. The summed E-state index contributed by atoms with van der Waals surface area (Å²) in [4.78, 5) is 18.8. The summed E-state index contributed by atoms with van der Waals surface area (Å²) in [6.45, 7) is 3.30. The van der Waals surface area contributed by atoms with Crippen molar-refractivity contribution < 1.29 is 4.79 Å². The van der Waals surface area contributed by atoms with E-state index in [0.29, 0.717) is 5.69 Å².